The van der Waals surface area contributed by atoms with Gasteiger partial charge in [0.05, 0.1) is 12.3 Å². The molecule has 3 rings (SSSR count). The Morgan fingerprint density at radius 2 is 1.83 bits per heavy atom. The summed E-state index contributed by atoms with van der Waals surface area (Å²) in [7, 11) is 1.70. The molecule has 0 N–H and O–H groups in total. The number of carbonyl (C=O) groups is 1. The molecule has 1 fully saturated rings. The molecular weight excluding hydrogens is 364 g/mol. The summed E-state index contributed by atoms with van der Waals surface area (Å²) in [6, 6.07) is 6.56. The minimum absolute atomic E-state index is 0.221. The zero-order chi connectivity index (χ0) is 21.0. The van der Waals surface area contributed by atoms with Crippen molar-refractivity contribution in [2.75, 3.05) is 38.2 Å². The predicted octanol–water partition coefficient (Wildman–Crippen LogP) is 3.20. The third-order valence-corrected chi connectivity index (χ3v) is 5.57. The van der Waals surface area contributed by atoms with Gasteiger partial charge in [0.15, 0.2) is 0 Å². The fraction of sp³-hybridized carbons (Fsp3) is 0.522. The van der Waals surface area contributed by atoms with Gasteiger partial charge in [-0.15, -0.1) is 0 Å². The Morgan fingerprint density at radius 3 is 2.48 bits per heavy atom. The first-order chi connectivity index (χ1) is 13.9. The monoisotopic (exact) mass is 396 g/mol. The summed E-state index contributed by atoms with van der Waals surface area (Å²) < 4.78 is 5.46. The van der Waals surface area contributed by atoms with E-state index in [0.717, 1.165) is 55.5 Å². The van der Waals surface area contributed by atoms with E-state index in [0.29, 0.717) is 13.0 Å². The van der Waals surface area contributed by atoms with Crippen molar-refractivity contribution >= 4 is 11.7 Å². The normalized spacial score (nSPS) is 14.4. The van der Waals surface area contributed by atoms with Gasteiger partial charge in [0.2, 0.25) is 5.91 Å². The summed E-state index contributed by atoms with van der Waals surface area (Å²) in [6.45, 7) is 11.6. The average molecular weight is 397 g/mol. The molecule has 6 nitrogen and oxygen atoms in total. The standard InChI is InChI=1S/C23H32N4O2/c1-6-22(28)26-9-11-27(12-10-26)23-20(21(15-29-5)24-18(4)25-23)14-19-13-16(2)7-8-17(19)3/h7-8,13H,6,9-12,14-15H2,1-5H3. The lowest BCUT2D eigenvalue weighted by molar-refractivity contribution is -0.131. The minimum Gasteiger partial charge on any atom is -0.378 e. The SMILES string of the molecule is CCC(=O)N1CCN(c2nc(C)nc(COC)c2Cc2cc(C)ccc2C)CC1. The number of piperazine rings is 1. The third kappa shape index (κ3) is 4.93. The average Bonchev–Trinajstić information content (AvgIpc) is 2.72. The van der Waals surface area contributed by atoms with E-state index in [1.165, 1.54) is 16.7 Å². The Labute approximate surface area is 173 Å². The molecule has 29 heavy (non-hydrogen) atoms. The predicted molar refractivity (Wildman–Crippen MR) is 115 cm³/mol. The van der Waals surface area contributed by atoms with Crippen LogP contribution in [0.15, 0.2) is 18.2 Å². The molecular formula is C23H32N4O2. The van der Waals surface area contributed by atoms with Gasteiger partial charge < -0.3 is 14.5 Å². The van der Waals surface area contributed by atoms with E-state index < -0.39 is 0 Å². The van der Waals surface area contributed by atoms with Gasteiger partial charge in [0.25, 0.3) is 0 Å². The summed E-state index contributed by atoms with van der Waals surface area (Å²) in [4.78, 5) is 25.8. The zero-order valence-corrected chi connectivity index (χ0v) is 18.3. The molecule has 2 heterocycles. The molecule has 0 spiro atoms. The van der Waals surface area contributed by atoms with Gasteiger partial charge in [-0.25, -0.2) is 9.97 Å². The lowest BCUT2D eigenvalue weighted by atomic mass is 9.97. The molecule has 0 radical (unpaired) electrons. The molecule has 156 valence electrons. The number of aryl methyl sites for hydroxylation is 3. The van der Waals surface area contributed by atoms with Crippen LogP contribution in [0.2, 0.25) is 0 Å². The van der Waals surface area contributed by atoms with Crippen LogP contribution in [0.4, 0.5) is 5.82 Å². The van der Waals surface area contributed by atoms with E-state index >= 15 is 0 Å². The van der Waals surface area contributed by atoms with Crippen LogP contribution in [0, 0.1) is 20.8 Å². The molecule has 0 unspecified atom stereocenters. The maximum atomic E-state index is 12.0. The van der Waals surface area contributed by atoms with Gasteiger partial charge in [-0.1, -0.05) is 30.7 Å². The second kappa shape index (κ2) is 9.35. The number of carbonyl (C=O) groups excluding carboxylic acids is 1. The van der Waals surface area contributed by atoms with E-state index in [-0.39, 0.29) is 5.91 Å². The number of methoxy groups -OCH3 is 1. The molecule has 0 bridgehead atoms. The maximum absolute atomic E-state index is 12.0. The van der Waals surface area contributed by atoms with Gasteiger partial charge >= 0.3 is 0 Å². The molecule has 2 aromatic rings. The fourth-order valence-electron chi connectivity index (χ4n) is 3.91. The Bertz CT molecular complexity index is 873. The van der Waals surface area contributed by atoms with Gasteiger partial charge in [-0.2, -0.15) is 0 Å². The third-order valence-electron chi connectivity index (χ3n) is 5.57. The van der Waals surface area contributed by atoms with Crippen molar-refractivity contribution in [1.82, 2.24) is 14.9 Å². The number of hydrogen-bond donors (Lipinski definition) is 0. The Kier molecular flexibility index (Phi) is 6.85. The summed E-state index contributed by atoms with van der Waals surface area (Å²) in [5.41, 5.74) is 5.88. The highest BCUT2D eigenvalue weighted by molar-refractivity contribution is 5.76. The molecule has 0 aliphatic carbocycles. The van der Waals surface area contributed by atoms with E-state index in [1.807, 2.05) is 18.7 Å². The second-order valence-corrected chi connectivity index (χ2v) is 7.78. The van der Waals surface area contributed by atoms with Crippen molar-refractivity contribution in [2.45, 2.75) is 47.1 Å². The number of aromatic nitrogens is 2. The van der Waals surface area contributed by atoms with Crippen LogP contribution in [0.3, 0.4) is 0 Å². The number of amides is 1. The molecule has 1 aliphatic heterocycles. The van der Waals surface area contributed by atoms with Crippen molar-refractivity contribution in [1.29, 1.82) is 0 Å². The number of anilines is 1. The van der Waals surface area contributed by atoms with E-state index in [2.05, 4.69) is 36.9 Å². The van der Waals surface area contributed by atoms with Crippen LogP contribution in [-0.4, -0.2) is 54.1 Å². The summed E-state index contributed by atoms with van der Waals surface area (Å²) >= 11 is 0. The van der Waals surface area contributed by atoms with Crippen molar-refractivity contribution in [3.8, 4) is 0 Å². The summed E-state index contributed by atoms with van der Waals surface area (Å²) in [5, 5.41) is 0. The smallest absolute Gasteiger partial charge is 0.222 e. The molecule has 6 heteroatoms. The Balaban J connectivity index is 1.96. The van der Waals surface area contributed by atoms with Gasteiger partial charge in [0.1, 0.15) is 11.6 Å². The first-order valence-corrected chi connectivity index (χ1v) is 10.4. The van der Waals surface area contributed by atoms with Crippen LogP contribution in [0.5, 0.6) is 0 Å². The number of rotatable bonds is 6. The molecule has 1 aromatic carbocycles. The summed E-state index contributed by atoms with van der Waals surface area (Å²) in [5.74, 6) is 1.96. The van der Waals surface area contributed by atoms with E-state index in [9.17, 15) is 4.79 Å². The fourth-order valence-corrected chi connectivity index (χ4v) is 3.91. The van der Waals surface area contributed by atoms with Gasteiger partial charge in [-0.05, 0) is 31.9 Å². The quantitative estimate of drug-likeness (QED) is 0.750. The van der Waals surface area contributed by atoms with Gasteiger partial charge in [0, 0.05) is 51.7 Å². The molecule has 1 saturated heterocycles. The van der Waals surface area contributed by atoms with E-state index in [4.69, 9.17) is 14.7 Å². The van der Waals surface area contributed by atoms with Crippen LogP contribution in [0.1, 0.15) is 47.1 Å². The Hall–Kier alpha value is -2.47. The molecule has 1 aromatic heterocycles. The van der Waals surface area contributed by atoms with Gasteiger partial charge in [-0.3, -0.25) is 4.79 Å². The number of ether oxygens (including phenoxy) is 1. The molecule has 1 aliphatic rings. The summed E-state index contributed by atoms with van der Waals surface area (Å²) in [6.07, 6.45) is 1.33. The second-order valence-electron chi connectivity index (χ2n) is 7.78. The van der Waals surface area contributed by atoms with Crippen molar-refractivity contribution in [3.05, 3.63) is 52.0 Å². The van der Waals surface area contributed by atoms with E-state index in [1.54, 1.807) is 7.11 Å². The Morgan fingerprint density at radius 1 is 1.10 bits per heavy atom. The largest absolute Gasteiger partial charge is 0.378 e. The first kappa shape index (κ1) is 21.2. The number of nitrogens with zero attached hydrogens (tertiary/aromatic N) is 4. The van der Waals surface area contributed by atoms with Crippen LogP contribution in [0.25, 0.3) is 0 Å². The molecule has 1 amide bonds. The lowest BCUT2D eigenvalue weighted by Crippen LogP contribution is -2.49. The highest BCUT2D eigenvalue weighted by atomic mass is 16.5. The lowest BCUT2D eigenvalue weighted by Gasteiger charge is -2.36. The topological polar surface area (TPSA) is 58.6 Å². The van der Waals surface area contributed by atoms with Crippen molar-refractivity contribution in [2.24, 2.45) is 0 Å². The van der Waals surface area contributed by atoms with Crippen molar-refractivity contribution in [3.63, 3.8) is 0 Å². The van der Waals surface area contributed by atoms with Crippen molar-refractivity contribution < 1.29 is 9.53 Å². The highest BCUT2D eigenvalue weighted by Crippen LogP contribution is 2.27. The first-order valence-electron chi connectivity index (χ1n) is 10.4. The highest BCUT2D eigenvalue weighted by Gasteiger charge is 2.25. The zero-order valence-electron chi connectivity index (χ0n) is 18.3. The number of benzene rings is 1. The van der Waals surface area contributed by atoms with Crippen LogP contribution in [-0.2, 0) is 22.6 Å². The maximum Gasteiger partial charge on any atom is 0.222 e. The molecule has 0 saturated carbocycles. The number of hydrogen-bond acceptors (Lipinski definition) is 5. The van der Waals surface area contributed by atoms with Crippen LogP contribution >= 0.6 is 0 Å². The molecule has 0 atom stereocenters. The van der Waals surface area contributed by atoms with Crippen LogP contribution < -0.4 is 4.90 Å². The minimum atomic E-state index is 0.221.